The number of carboxylic acids is 1. The first-order valence-electron chi connectivity index (χ1n) is 13.5. The molecule has 1 saturated carbocycles. The number of urea groups is 1. The number of carbonyl (C=O) groups excluding carboxylic acids is 2. The van der Waals surface area contributed by atoms with Crippen molar-refractivity contribution in [1.29, 1.82) is 0 Å². The van der Waals surface area contributed by atoms with Gasteiger partial charge in [0.15, 0.2) is 0 Å². The molecule has 0 bridgehead atoms. The largest absolute Gasteiger partial charge is 0.481 e. The van der Waals surface area contributed by atoms with Gasteiger partial charge in [0.05, 0.1) is 24.1 Å². The number of nitrogens with one attached hydrogen (secondary N) is 1. The number of aliphatic carboxylic acids is 1. The van der Waals surface area contributed by atoms with Crippen LogP contribution in [-0.4, -0.2) is 46.5 Å². The average Bonchev–Trinajstić information content (AvgIpc) is 3.14. The lowest BCUT2D eigenvalue weighted by molar-refractivity contribution is -0.138. The number of rotatable bonds is 7. The van der Waals surface area contributed by atoms with Crippen molar-refractivity contribution >= 4 is 23.6 Å². The summed E-state index contributed by atoms with van der Waals surface area (Å²) in [4.78, 5) is 40.3. The van der Waals surface area contributed by atoms with Crippen molar-refractivity contribution in [3.05, 3.63) is 65.2 Å². The van der Waals surface area contributed by atoms with E-state index < -0.39 is 23.2 Å². The van der Waals surface area contributed by atoms with Crippen molar-refractivity contribution in [1.82, 2.24) is 10.2 Å². The highest BCUT2D eigenvalue weighted by Gasteiger charge is 2.52. The van der Waals surface area contributed by atoms with E-state index in [0.29, 0.717) is 30.3 Å². The molecule has 1 saturated heterocycles. The molecule has 216 valence electrons. The number of carbonyl (C=O) groups is 3. The van der Waals surface area contributed by atoms with Crippen LogP contribution in [0, 0.1) is 11.3 Å². The van der Waals surface area contributed by atoms with Gasteiger partial charge >= 0.3 is 18.2 Å². The van der Waals surface area contributed by atoms with Gasteiger partial charge in [-0.15, -0.1) is 0 Å². The third-order valence-corrected chi connectivity index (χ3v) is 8.32. The Balaban J connectivity index is 1.55. The lowest BCUT2D eigenvalue weighted by Gasteiger charge is -2.45. The lowest BCUT2D eigenvalue weighted by atomic mass is 9.67. The molecule has 1 aliphatic carbocycles. The molecule has 0 radical (unpaired) electrons. The van der Waals surface area contributed by atoms with E-state index in [1.54, 1.807) is 29.2 Å². The summed E-state index contributed by atoms with van der Waals surface area (Å²) in [5.41, 5.74) is 0.575. The smallest absolute Gasteiger partial charge is 0.416 e. The molecule has 1 aliphatic heterocycles. The van der Waals surface area contributed by atoms with Crippen molar-refractivity contribution in [2.75, 3.05) is 18.0 Å². The molecule has 2 aliphatic rings. The van der Waals surface area contributed by atoms with Crippen molar-refractivity contribution in [2.24, 2.45) is 11.3 Å². The van der Waals surface area contributed by atoms with Gasteiger partial charge in [0, 0.05) is 24.3 Å². The molecule has 4 rings (SSSR count). The lowest BCUT2D eigenvalue weighted by Crippen LogP contribution is -2.50. The molecule has 0 atom stereocenters. The fraction of sp³-hybridized carbons (Fsp3) is 0.500. The van der Waals surface area contributed by atoms with E-state index in [2.05, 4.69) is 26.1 Å². The monoisotopic (exact) mass is 559 g/mol. The van der Waals surface area contributed by atoms with Gasteiger partial charge < -0.3 is 15.3 Å². The number of carboxylic acid groups (broad SMARTS) is 1. The molecular weight excluding hydrogens is 523 g/mol. The Bertz CT molecular complexity index is 1230. The Morgan fingerprint density at radius 2 is 1.60 bits per heavy atom. The highest BCUT2D eigenvalue weighted by molar-refractivity contribution is 5.96. The first kappa shape index (κ1) is 29.4. The zero-order valence-corrected chi connectivity index (χ0v) is 23.1. The first-order chi connectivity index (χ1) is 18.7. The number of hydrogen-bond donors (Lipinski definition) is 2. The summed E-state index contributed by atoms with van der Waals surface area (Å²) < 4.78 is 39.4. The molecule has 2 fully saturated rings. The first-order valence-corrected chi connectivity index (χ1v) is 13.5. The Hall–Kier alpha value is -3.56. The predicted molar refractivity (Wildman–Crippen MR) is 145 cm³/mol. The standard InChI is InChI=1S/C30H36F3N3O4/c1-28(2,3)22-12-15-29(16-13-22)19-35(24-10-8-23(9-11-24)30(31,32)33)27(40)36(29)18-20-4-6-21(7-5-20)26(39)34-17-14-25(37)38/h4-11,22H,12-19H2,1-3H3,(H,34,39)(H,37,38). The third-order valence-electron chi connectivity index (χ3n) is 8.32. The van der Waals surface area contributed by atoms with Gasteiger partial charge in [-0.05, 0) is 79.0 Å². The minimum Gasteiger partial charge on any atom is -0.481 e. The van der Waals surface area contributed by atoms with E-state index in [9.17, 15) is 27.6 Å². The van der Waals surface area contributed by atoms with Crippen LogP contribution in [0.25, 0.3) is 0 Å². The van der Waals surface area contributed by atoms with Crippen LogP contribution in [0.1, 0.15) is 74.4 Å². The van der Waals surface area contributed by atoms with Crippen LogP contribution in [0.2, 0.25) is 0 Å². The Kier molecular flexibility index (Phi) is 8.19. The summed E-state index contributed by atoms with van der Waals surface area (Å²) in [7, 11) is 0. The van der Waals surface area contributed by atoms with Crippen molar-refractivity contribution in [2.45, 2.75) is 71.1 Å². The predicted octanol–water partition coefficient (Wildman–Crippen LogP) is 6.33. The summed E-state index contributed by atoms with van der Waals surface area (Å²) in [6, 6.07) is 11.3. The van der Waals surface area contributed by atoms with Gasteiger partial charge in [0.2, 0.25) is 0 Å². The molecular formula is C30H36F3N3O4. The number of alkyl halides is 3. The number of halogens is 3. The topological polar surface area (TPSA) is 90.0 Å². The minimum atomic E-state index is -4.45. The second kappa shape index (κ2) is 11.1. The average molecular weight is 560 g/mol. The Morgan fingerprint density at radius 3 is 2.12 bits per heavy atom. The Morgan fingerprint density at radius 1 is 1.00 bits per heavy atom. The second-order valence-corrected chi connectivity index (χ2v) is 12.0. The third kappa shape index (κ3) is 6.42. The minimum absolute atomic E-state index is 0.0239. The highest BCUT2D eigenvalue weighted by atomic mass is 19.4. The number of anilines is 1. The van der Waals surface area contributed by atoms with Crippen LogP contribution in [0.3, 0.4) is 0 Å². The van der Waals surface area contributed by atoms with Crippen molar-refractivity contribution in [3.63, 3.8) is 0 Å². The zero-order chi connectivity index (χ0) is 29.3. The van der Waals surface area contributed by atoms with Crippen molar-refractivity contribution < 1.29 is 32.7 Å². The van der Waals surface area contributed by atoms with Gasteiger partial charge in [-0.25, -0.2) is 4.79 Å². The second-order valence-electron chi connectivity index (χ2n) is 12.0. The van der Waals surface area contributed by atoms with Crippen molar-refractivity contribution in [3.8, 4) is 0 Å². The highest BCUT2D eigenvalue weighted by Crippen LogP contribution is 2.47. The maximum absolute atomic E-state index is 13.8. The number of hydrogen-bond acceptors (Lipinski definition) is 3. The maximum atomic E-state index is 13.8. The van der Waals surface area contributed by atoms with Crippen LogP contribution in [0.4, 0.5) is 23.7 Å². The molecule has 1 spiro atoms. The van der Waals surface area contributed by atoms with E-state index in [1.165, 1.54) is 12.1 Å². The van der Waals surface area contributed by atoms with Crippen LogP contribution in [-0.2, 0) is 17.5 Å². The van der Waals surface area contributed by atoms with E-state index in [0.717, 1.165) is 43.4 Å². The Labute approximate surface area is 232 Å². The van der Waals surface area contributed by atoms with E-state index >= 15 is 0 Å². The van der Waals surface area contributed by atoms with Gasteiger partial charge in [0.1, 0.15) is 0 Å². The van der Waals surface area contributed by atoms with Gasteiger partial charge in [-0.2, -0.15) is 13.2 Å². The van der Waals surface area contributed by atoms with Gasteiger partial charge in [0.25, 0.3) is 5.91 Å². The van der Waals surface area contributed by atoms with Crippen LogP contribution in [0.5, 0.6) is 0 Å². The van der Waals surface area contributed by atoms with Crippen LogP contribution >= 0.6 is 0 Å². The molecule has 2 aromatic carbocycles. The number of nitrogens with zero attached hydrogens (tertiary/aromatic N) is 2. The molecule has 0 aromatic heterocycles. The number of benzene rings is 2. The van der Waals surface area contributed by atoms with Gasteiger partial charge in [-0.3, -0.25) is 14.5 Å². The summed E-state index contributed by atoms with van der Waals surface area (Å²) in [5, 5.41) is 11.3. The molecule has 2 aromatic rings. The summed E-state index contributed by atoms with van der Waals surface area (Å²) >= 11 is 0. The van der Waals surface area contributed by atoms with E-state index in [1.807, 2.05) is 4.90 Å². The molecule has 2 N–H and O–H groups in total. The van der Waals surface area contributed by atoms with Crippen LogP contribution in [0.15, 0.2) is 48.5 Å². The SMILES string of the molecule is CC(C)(C)C1CCC2(CC1)CN(c1ccc(C(F)(F)F)cc1)C(=O)N2Cc1ccc(C(=O)NCCC(=O)O)cc1. The molecule has 1 heterocycles. The summed E-state index contributed by atoms with van der Waals surface area (Å²) in [6.07, 6.45) is -1.14. The normalized spacial score (nSPS) is 21.6. The van der Waals surface area contributed by atoms with Gasteiger partial charge in [-0.1, -0.05) is 32.9 Å². The molecule has 0 unspecified atom stereocenters. The fourth-order valence-electron chi connectivity index (χ4n) is 5.84. The molecule has 3 amide bonds. The quantitative estimate of drug-likeness (QED) is 0.415. The summed E-state index contributed by atoms with van der Waals surface area (Å²) in [6.45, 7) is 7.40. The molecule has 10 heteroatoms. The van der Waals surface area contributed by atoms with E-state index in [-0.39, 0.29) is 30.3 Å². The van der Waals surface area contributed by atoms with E-state index in [4.69, 9.17) is 5.11 Å². The fourth-order valence-corrected chi connectivity index (χ4v) is 5.84. The maximum Gasteiger partial charge on any atom is 0.416 e. The number of amides is 3. The summed E-state index contributed by atoms with van der Waals surface area (Å²) in [5.74, 6) is -0.869. The molecule has 7 nitrogen and oxygen atoms in total. The molecule has 40 heavy (non-hydrogen) atoms. The van der Waals surface area contributed by atoms with Crippen LogP contribution < -0.4 is 10.2 Å². The zero-order valence-electron chi connectivity index (χ0n) is 23.1.